The lowest BCUT2D eigenvalue weighted by molar-refractivity contribution is 0.918. The normalized spacial score (nSPS) is 10.5. The molecule has 0 unspecified atom stereocenters. The van der Waals surface area contributed by atoms with Crippen LogP contribution in [-0.2, 0) is 7.05 Å². The molecule has 0 N–H and O–H groups in total. The van der Waals surface area contributed by atoms with E-state index in [0.717, 1.165) is 22.0 Å². The van der Waals surface area contributed by atoms with Gasteiger partial charge in [-0.25, -0.2) is 0 Å². The Morgan fingerprint density at radius 1 is 1.36 bits per heavy atom. The Morgan fingerprint density at radius 2 is 2.14 bits per heavy atom. The van der Waals surface area contributed by atoms with Gasteiger partial charge in [-0.05, 0) is 30.7 Å². The quantitative estimate of drug-likeness (QED) is 0.719. The van der Waals surface area contributed by atoms with Gasteiger partial charge in [-0.3, -0.25) is 0 Å². The summed E-state index contributed by atoms with van der Waals surface area (Å²) in [6.45, 7) is 2.01. The highest BCUT2D eigenvalue weighted by Crippen LogP contribution is 2.23. The lowest BCUT2D eigenvalue weighted by Crippen LogP contribution is -1.93. The van der Waals surface area contributed by atoms with Crippen molar-refractivity contribution in [2.45, 2.75) is 6.92 Å². The molecule has 0 saturated heterocycles. The second-order valence-electron chi connectivity index (χ2n) is 3.22. The summed E-state index contributed by atoms with van der Waals surface area (Å²) in [4.78, 5) is 0. The fraction of sp³-hybridized carbons (Fsp3) is 0.200. The Bertz CT molecular complexity index is 462. The highest BCUT2D eigenvalue weighted by atomic mass is 35.5. The first-order valence-corrected chi connectivity index (χ1v) is 4.67. The average Bonchev–Trinajstić information content (AvgIpc) is 2.52. The van der Waals surface area contributed by atoms with E-state index < -0.39 is 0 Å². The minimum absolute atomic E-state index is 0.744. The Hall–Kier alpha value is -1.35. The number of hydrogen-bond acceptors (Lipinski definition) is 2. The van der Waals surface area contributed by atoms with Crippen LogP contribution in [-0.4, -0.2) is 14.8 Å². The molecule has 1 heterocycles. The topological polar surface area (TPSA) is 30.7 Å². The van der Waals surface area contributed by atoms with Crippen LogP contribution in [0.3, 0.4) is 0 Å². The molecule has 3 nitrogen and oxygen atoms in total. The van der Waals surface area contributed by atoms with Crippen LogP contribution in [0.15, 0.2) is 24.5 Å². The summed E-state index contributed by atoms with van der Waals surface area (Å²) in [5.74, 6) is 0.860. The zero-order chi connectivity index (χ0) is 10.1. The van der Waals surface area contributed by atoms with Crippen molar-refractivity contribution >= 4 is 11.6 Å². The number of aromatic nitrogens is 3. The van der Waals surface area contributed by atoms with Gasteiger partial charge in [0.1, 0.15) is 6.33 Å². The van der Waals surface area contributed by atoms with E-state index in [4.69, 9.17) is 11.6 Å². The number of halogens is 1. The minimum Gasteiger partial charge on any atom is -0.317 e. The highest BCUT2D eigenvalue weighted by Gasteiger charge is 2.07. The molecule has 4 heteroatoms. The van der Waals surface area contributed by atoms with Crippen LogP contribution in [0.2, 0.25) is 5.02 Å². The maximum absolute atomic E-state index is 5.88. The van der Waals surface area contributed by atoms with Crippen LogP contribution in [0, 0.1) is 6.92 Å². The Kier molecular flexibility index (Phi) is 2.25. The molecule has 0 bridgehead atoms. The Balaban J connectivity index is 2.58. The molecule has 1 aromatic carbocycles. The second-order valence-corrected chi connectivity index (χ2v) is 3.66. The molecule has 0 aliphatic carbocycles. The summed E-state index contributed by atoms with van der Waals surface area (Å²) in [5.41, 5.74) is 2.17. The molecule has 14 heavy (non-hydrogen) atoms. The zero-order valence-electron chi connectivity index (χ0n) is 8.03. The zero-order valence-corrected chi connectivity index (χ0v) is 8.78. The monoisotopic (exact) mass is 207 g/mol. The van der Waals surface area contributed by atoms with Gasteiger partial charge in [0.2, 0.25) is 0 Å². The van der Waals surface area contributed by atoms with Crippen LogP contribution in [0.25, 0.3) is 11.4 Å². The molecule has 0 radical (unpaired) electrons. The number of nitrogens with zero attached hydrogens (tertiary/aromatic N) is 3. The molecule has 1 aromatic heterocycles. The van der Waals surface area contributed by atoms with Gasteiger partial charge in [0.15, 0.2) is 5.82 Å². The van der Waals surface area contributed by atoms with E-state index in [1.807, 2.05) is 36.7 Å². The van der Waals surface area contributed by atoms with Gasteiger partial charge in [0, 0.05) is 17.6 Å². The Morgan fingerprint density at radius 3 is 2.71 bits per heavy atom. The third-order valence-corrected chi connectivity index (χ3v) is 2.38. The second kappa shape index (κ2) is 3.42. The van der Waals surface area contributed by atoms with E-state index in [9.17, 15) is 0 Å². The number of benzene rings is 1. The first kappa shape index (κ1) is 9.21. The van der Waals surface area contributed by atoms with Gasteiger partial charge in [0.05, 0.1) is 0 Å². The fourth-order valence-electron chi connectivity index (χ4n) is 1.41. The van der Waals surface area contributed by atoms with Crippen molar-refractivity contribution < 1.29 is 0 Å². The molecule has 0 saturated carbocycles. The van der Waals surface area contributed by atoms with Crippen molar-refractivity contribution in [1.82, 2.24) is 14.8 Å². The van der Waals surface area contributed by atoms with E-state index in [1.54, 1.807) is 6.33 Å². The van der Waals surface area contributed by atoms with Gasteiger partial charge in [-0.2, -0.15) is 0 Å². The van der Waals surface area contributed by atoms with Crippen LogP contribution in [0.5, 0.6) is 0 Å². The lowest BCUT2D eigenvalue weighted by atomic mass is 10.1. The van der Waals surface area contributed by atoms with Crippen LogP contribution >= 0.6 is 11.6 Å². The first-order chi connectivity index (χ1) is 6.68. The standard InChI is InChI=1S/C10H10ClN3/c1-7-5-8(11)3-4-9(7)10-13-12-6-14(10)2/h3-6H,1-2H3. The van der Waals surface area contributed by atoms with E-state index in [0.29, 0.717) is 0 Å². The van der Waals surface area contributed by atoms with Gasteiger partial charge < -0.3 is 4.57 Å². The molecule has 0 atom stereocenters. The van der Waals surface area contributed by atoms with Crippen LogP contribution in [0.1, 0.15) is 5.56 Å². The van der Waals surface area contributed by atoms with Gasteiger partial charge in [0.25, 0.3) is 0 Å². The maximum atomic E-state index is 5.88. The predicted octanol–water partition coefficient (Wildman–Crippen LogP) is 2.44. The van der Waals surface area contributed by atoms with Crippen LogP contribution in [0.4, 0.5) is 0 Å². The summed E-state index contributed by atoms with van der Waals surface area (Å²) in [6, 6.07) is 5.74. The Labute approximate surface area is 87.3 Å². The largest absolute Gasteiger partial charge is 0.317 e. The average molecular weight is 208 g/mol. The molecule has 0 fully saturated rings. The first-order valence-electron chi connectivity index (χ1n) is 4.29. The number of aryl methyl sites for hydroxylation is 2. The molecule has 0 amide bonds. The molecule has 2 aromatic rings. The maximum Gasteiger partial charge on any atom is 0.163 e. The molecule has 2 rings (SSSR count). The van der Waals surface area contributed by atoms with Crippen molar-refractivity contribution in [2.24, 2.45) is 7.05 Å². The molecular weight excluding hydrogens is 198 g/mol. The summed E-state index contributed by atoms with van der Waals surface area (Å²) >= 11 is 5.88. The molecule has 72 valence electrons. The molecule has 0 aliphatic heterocycles. The third-order valence-electron chi connectivity index (χ3n) is 2.14. The minimum atomic E-state index is 0.744. The smallest absolute Gasteiger partial charge is 0.163 e. The summed E-state index contributed by atoms with van der Waals surface area (Å²) < 4.78 is 1.89. The van der Waals surface area contributed by atoms with Crippen LogP contribution < -0.4 is 0 Å². The highest BCUT2D eigenvalue weighted by molar-refractivity contribution is 6.30. The SMILES string of the molecule is Cc1cc(Cl)ccc1-c1nncn1C. The van der Waals surface area contributed by atoms with Gasteiger partial charge >= 0.3 is 0 Å². The number of hydrogen-bond donors (Lipinski definition) is 0. The van der Waals surface area contributed by atoms with E-state index in [2.05, 4.69) is 10.2 Å². The van der Waals surface area contributed by atoms with E-state index in [1.165, 1.54) is 0 Å². The fourth-order valence-corrected chi connectivity index (χ4v) is 1.63. The van der Waals surface area contributed by atoms with Gasteiger partial charge in [-0.15, -0.1) is 10.2 Å². The molecule has 0 spiro atoms. The molecular formula is C10H10ClN3. The van der Waals surface area contributed by atoms with Crippen molar-refractivity contribution in [2.75, 3.05) is 0 Å². The third kappa shape index (κ3) is 1.51. The summed E-state index contributed by atoms with van der Waals surface area (Å²) in [6.07, 6.45) is 1.68. The summed E-state index contributed by atoms with van der Waals surface area (Å²) in [7, 11) is 1.92. The van der Waals surface area contributed by atoms with Crippen molar-refractivity contribution in [3.05, 3.63) is 35.1 Å². The molecule has 0 aliphatic rings. The van der Waals surface area contributed by atoms with E-state index in [-0.39, 0.29) is 0 Å². The number of rotatable bonds is 1. The van der Waals surface area contributed by atoms with Crippen molar-refractivity contribution in [3.8, 4) is 11.4 Å². The van der Waals surface area contributed by atoms with Gasteiger partial charge in [-0.1, -0.05) is 11.6 Å². The van der Waals surface area contributed by atoms with E-state index >= 15 is 0 Å². The lowest BCUT2D eigenvalue weighted by Gasteiger charge is -2.04. The predicted molar refractivity (Wildman–Crippen MR) is 56.2 cm³/mol. The summed E-state index contributed by atoms with van der Waals surface area (Å²) in [5, 5.41) is 8.63. The van der Waals surface area contributed by atoms with Crippen molar-refractivity contribution in [3.63, 3.8) is 0 Å². The van der Waals surface area contributed by atoms with Crippen molar-refractivity contribution in [1.29, 1.82) is 0 Å².